The molecule has 0 amide bonds. The van der Waals surface area contributed by atoms with E-state index >= 15 is 0 Å². The van der Waals surface area contributed by atoms with E-state index in [4.69, 9.17) is 10.5 Å². The molecule has 1 saturated heterocycles. The first kappa shape index (κ1) is 12.4. The maximum atomic E-state index is 6.06. The SMILES string of the molecule is CN(Cc1cc2ccccc2nc1N)C1CCOC1. The summed E-state index contributed by atoms with van der Waals surface area (Å²) in [5.74, 6) is 0.629. The number of fused-ring (bicyclic) bond motifs is 1. The molecule has 1 atom stereocenters. The summed E-state index contributed by atoms with van der Waals surface area (Å²) in [7, 11) is 2.12. The topological polar surface area (TPSA) is 51.4 Å². The van der Waals surface area contributed by atoms with Gasteiger partial charge in [0.25, 0.3) is 0 Å². The second-order valence-corrected chi connectivity index (χ2v) is 5.16. The molecule has 19 heavy (non-hydrogen) atoms. The number of nitrogens with zero attached hydrogens (tertiary/aromatic N) is 2. The predicted molar refractivity (Wildman–Crippen MR) is 76.8 cm³/mol. The van der Waals surface area contributed by atoms with Crippen LogP contribution in [0.5, 0.6) is 0 Å². The number of aromatic nitrogens is 1. The van der Waals surface area contributed by atoms with Crippen LogP contribution < -0.4 is 5.73 Å². The molecule has 1 aromatic carbocycles. The molecule has 1 fully saturated rings. The van der Waals surface area contributed by atoms with Crippen molar-refractivity contribution in [3.8, 4) is 0 Å². The van der Waals surface area contributed by atoms with Gasteiger partial charge >= 0.3 is 0 Å². The van der Waals surface area contributed by atoms with Crippen molar-refractivity contribution in [2.75, 3.05) is 26.0 Å². The number of benzene rings is 1. The van der Waals surface area contributed by atoms with Crippen LogP contribution in [0.2, 0.25) is 0 Å². The Morgan fingerprint density at radius 1 is 1.42 bits per heavy atom. The second kappa shape index (κ2) is 5.15. The highest BCUT2D eigenvalue weighted by Crippen LogP contribution is 2.21. The average Bonchev–Trinajstić information content (AvgIpc) is 2.93. The summed E-state index contributed by atoms with van der Waals surface area (Å²) in [5.41, 5.74) is 8.11. The summed E-state index contributed by atoms with van der Waals surface area (Å²) in [5, 5.41) is 1.14. The molecule has 0 spiro atoms. The fraction of sp³-hybridized carbons (Fsp3) is 0.400. The highest BCUT2D eigenvalue weighted by atomic mass is 16.5. The van der Waals surface area contributed by atoms with E-state index in [9.17, 15) is 0 Å². The van der Waals surface area contributed by atoms with E-state index in [0.717, 1.165) is 42.6 Å². The fourth-order valence-corrected chi connectivity index (χ4v) is 2.57. The number of pyridine rings is 1. The third-order valence-electron chi connectivity index (χ3n) is 3.79. The highest BCUT2D eigenvalue weighted by molar-refractivity contribution is 5.81. The molecule has 0 radical (unpaired) electrons. The Morgan fingerprint density at radius 2 is 2.26 bits per heavy atom. The molecule has 2 heterocycles. The van der Waals surface area contributed by atoms with Crippen molar-refractivity contribution >= 4 is 16.7 Å². The summed E-state index contributed by atoms with van der Waals surface area (Å²) in [4.78, 5) is 6.78. The van der Waals surface area contributed by atoms with E-state index in [1.165, 1.54) is 0 Å². The normalized spacial score (nSPS) is 19.4. The van der Waals surface area contributed by atoms with Gasteiger partial charge in [-0.3, -0.25) is 4.90 Å². The van der Waals surface area contributed by atoms with Crippen molar-refractivity contribution < 1.29 is 4.74 Å². The van der Waals surface area contributed by atoms with Gasteiger partial charge in [-0.05, 0) is 25.6 Å². The molecule has 0 aliphatic carbocycles. The summed E-state index contributed by atoms with van der Waals surface area (Å²) in [6.07, 6.45) is 1.09. The quantitative estimate of drug-likeness (QED) is 0.914. The van der Waals surface area contributed by atoms with Crippen molar-refractivity contribution in [2.24, 2.45) is 0 Å². The number of likely N-dealkylation sites (N-methyl/N-ethyl adjacent to an activating group) is 1. The van der Waals surface area contributed by atoms with Gasteiger partial charge in [-0.25, -0.2) is 4.98 Å². The van der Waals surface area contributed by atoms with Gasteiger partial charge in [0.05, 0.1) is 12.1 Å². The van der Waals surface area contributed by atoms with Gasteiger partial charge in [0, 0.05) is 30.1 Å². The van der Waals surface area contributed by atoms with Gasteiger partial charge in [0.2, 0.25) is 0 Å². The van der Waals surface area contributed by atoms with Crippen LogP contribution in [0, 0.1) is 0 Å². The van der Waals surface area contributed by atoms with Gasteiger partial charge < -0.3 is 10.5 Å². The van der Waals surface area contributed by atoms with E-state index in [1.807, 2.05) is 18.2 Å². The lowest BCUT2D eigenvalue weighted by atomic mass is 10.1. The number of nitrogen functional groups attached to an aromatic ring is 1. The molecule has 2 N–H and O–H groups in total. The zero-order chi connectivity index (χ0) is 13.2. The molecule has 3 rings (SSSR count). The minimum atomic E-state index is 0.492. The number of para-hydroxylation sites is 1. The first-order chi connectivity index (χ1) is 9.24. The van der Waals surface area contributed by atoms with Crippen LogP contribution in [0.4, 0.5) is 5.82 Å². The van der Waals surface area contributed by atoms with E-state index < -0.39 is 0 Å². The summed E-state index contributed by atoms with van der Waals surface area (Å²) in [6.45, 7) is 2.50. The number of nitrogens with two attached hydrogens (primary N) is 1. The molecule has 2 aromatic rings. The molecule has 0 bridgehead atoms. The smallest absolute Gasteiger partial charge is 0.128 e. The molecule has 1 aliphatic heterocycles. The van der Waals surface area contributed by atoms with Crippen LogP contribution in [-0.2, 0) is 11.3 Å². The Labute approximate surface area is 113 Å². The minimum absolute atomic E-state index is 0.492. The lowest BCUT2D eigenvalue weighted by Gasteiger charge is -2.23. The molecule has 1 unspecified atom stereocenters. The van der Waals surface area contributed by atoms with Crippen LogP contribution >= 0.6 is 0 Å². The van der Waals surface area contributed by atoms with Gasteiger partial charge in [-0.1, -0.05) is 18.2 Å². The molecule has 4 nitrogen and oxygen atoms in total. The Bertz CT molecular complexity index is 579. The Hall–Kier alpha value is -1.65. The summed E-state index contributed by atoms with van der Waals surface area (Å²) < 4.78 is 5.43. The zero-order valence-corrected chi connectivity index (χ0v) is 11.2. The van der Waals surface area contributed by atoms with Crippen LogP contribution in [0.25, 0.3) is 10.9 Å². The van der Waals surface area contributed by atoms with Gasteiger partial charge in [0.15, 0.2) is 0 Å². The average molecular weight is 257 g/mol. The first-order valence-corrected chi connectivity index (χ1v) is 6.66. The maximum Gasteiger partial charge on any atom is 0.128 e. The predicted octanol–water partition coefficient (Wildman–Crippen LogP) is 2.04. The zero-order valence-electron chi connectivity index (χ0n) is 11.2. The van der Waals surface area contributed by atoms with Gasteiger partial charge in [-0.2, -0.15) is 0 Å². The molecule has 100 valence electrons. The lowest BCUT2D eigenvalue weighted by Crippen LogP contribution is -2.31. The van der Waals surface area contributed by atoms with E-state index in [1.54, 1.807) is 0 Å². The Balaban J connectivity index is 1.85. The van der Waals surface area contributed by atoms with Gasteiger partial charge in [0.1, 0.15) is 5.82 Å². The Morgan fingerprint density at radius 3 is 3.05 bits per heavy atom. The van der Waals surface area contributed by atoms with E-state index in [-0.39, 0.29) is 0 Å². The maximum absolute atomic E-state index is 6.06. The molecule has 4 heteroatoms. The number of anilines is 1. The molecule has 1 aliphatic rings. The third kappa shape index (κ3) is 2.55. The van der Waals surface area contributed by atoms with Crippen molar-refractivity contribution in [3.05, 3.63) is 35.9 Å². The lowest BCUT2D eigenvalue weighted by molar-refractivity contribution is 0.156. The van der Waals surface area contributed by atoms with Crippen LogP contribution in [0.15, 0.2) is 30.3 Å². The third-order valence-corrected chi connectivity index (χ3v) is 3.79. The number of rotatable bonds is 3. The number of hydrogen-bond acceptors (Lipinski definition) is 4. The number of hydrogen-bond donors (Lipinski definition) is 1. The first-order valence-electron chi connectivity index (χ1n) is 6.66. The fourth-order valence-electron chi connectivity index (χ4n) is 2.57. The molecular formula is C15H19N3O. The van der Waals surface area contributed by atoms with Crippen molar-refractivity contribution in [3.63, 3.8) is 0 Å². The number of ether oxygens (including phenoxy) is 1. The monoisotopic (exact) mass is 257 g/mol. The molecule has 1 aromatic heterocycles. The van der Waals surface area contributed by atoms with E-state index in [0.29, 0.717) is 11.9 Å². The second-order valence-electron chi connectivity index (χ2n) is 5.16. The van der Waals surface area contributed by atoms with Crippen molar-refractivity contribution in [1.82, 2.24) is 9.88 Å². The van der Waals surface area contributed by atoms with E-state index in [2.05, 4.69) is 29.1 Å². The minimum Gasteiger partial charge on any atom is -0.383 e. The highest BCUT2D eigenvalue weighted by Gasteiger charge is 2.21. The van der Waals surface area contributed by atoms with Crippen LogP contribution in [0.3, 0.4) is 0 Å². The Kier molecular flexibility index (Phi) is 3.36. The van der Waals surface area contributed by atoms with Gasteiger partial charge in [-0.15, -0.1) is 0 Å². The standard InChI is InChI=1S/C15H19N3O/c1-18(13-6-7-19-10-13)9-12-8-11-4-2-3-5-14(11)17-15(12)16/h2-5,8,13H,6-7,9-10H2,1H3,(H2,16,17). The van der Waals surface area contributed by atoms with Crippen molar-refractivity contribution in [1.29, 1.82) is 0 Å². The van der Waals surface area contributed by atoms with Crippen LogP contribution in [0.1, 0.15) is 12.0 Å². The summed E-state index contributed by atoms with van der Waals surface area (Å²) >= 11 is 0. The van der Waals surface area contributed by atoms with Crippen molar-refractivity contribution in [2.45, 2.75) is 19.0 Å². The molecular weight excluding hydrogens is 238 g/mol. The summed E-state index contributed by atoms with van der Waals surface area (Å²) in [6, 6.07) is 10.7. The van der Waals surface area contributed by atoms with Crippen LogP contribution in [-0.4, -0.2) is 36.2 Å². The molecule has 0 saturated carbocycles. The largest absolute Gasteiger partial charge is 0.383 e.